The molecule has 1 saturated heterocycles. The molecule has 3 aromatic rings. The number of carboxylic acids is 1. The summed E-state index contributed by atoms with van der Waals surface area (Å²) in [6.45, 7) is 3.20. The lowest BCUT2D eigenvalue weighted by Gasteiger charge is -2.40. The number of anilines is 1. The van der Waals surface area contributed by atoms with Gasteiger partial charge in [-0.15, -0.1) is 0 Å². The van der Waals surface area contributed by atoms with Crippen molar-refractivity contribution in [2.24, 2.45) is 13.0 Å². The normalized spacial score (nSPS) is 20.1. The lowest BCUT2D eigenvalue weighted by molar-refractivity contribution is -0.151. The number of nitrogens with zero attached hydrogens (tertiary/aromatic N) is 4. The molecule has 3 amide bonds. The number of fused-ring (bicyclic) bond motifs is 2. The van der Waals surface area contributed by atoms with Crippen molar-refractivity contribution in [3.8, 4) is 0 Å². The van der Waals surface area contributed by atoms with Gasteiger partial charge in [-0.05, 0) is 62.1 Å². The zero-order valence-electron chi connectivity index (χ0n) is 20.8. The Morgan fingerprint density at radius 1 is 1.08 bits per heavy atom. The van der Waals surface area contributed by atoms with Crippen LogP contribution in [0.3, 0.4) is 0 Å². The van der Waals surface area contributed by atoms with Gasteiger partial charge in [0.25, 0.3) is 0 Å². The fourth-order valence-corrected chi connectivity index (χ4v) is 5.61. The molecule has 5 rings (SSSR count). The largest absolute Gasteiger partial charge is 0.481 e. The Morgan fingerprint density at radius 3 is 2.42 bits per heavy atom. The number of aliphatic carboxylic acids is 1. The molecule has 0 spiro atoms. The zero-order chi connectivity index (χ0) is 27.7. The van der Waals surface area contributed by atoms with E-state index in [0.717, 1.165) is 15.9 Å². The first kappa shape index (κ1) is 25.6. The van der Waals surface area contributed by atoms with E-state index in [0.29, 0.717) is 11.0 Å². The highest BCUT2D eigenvalue weighted by atomic mass is 19.4. The number of aromatic nitrogens is 2. The number of imidazole rings is 1. The van der Waals surface area contributed by atoms with E-state index in [1.165, 1.54) is 21.3 Å². The van der Waals surface area contributed by atoms with E-state index in [1.54, 1.807) is 25.2 Å². The van der Waals surface area contributed by atoms with Crippen LogP contribution in [-0.2, 0) is 29.2 Å². The van der Waals surface area contributed by atoms with Crippen LogP contribution in [0.2, 0.25) is 0 Å². The fourth-order valence-electron chi connectivity index (χ4n) is 5.61. The Bertz CT molecular complexity index is 1550. The van der Waals surface area contributed by atoms with Crippen LogP contribution in [0.5, 0.6) is 0 Å². The van der Waals surface area contributed by atoms with Crippen molar-refractivity contribution in [3.63, 3.8) is 0 Å². The topological polar surface area (TPSA) is 105 Å². The third-order valence-corrected chi connectivity index (χ3v) is 7.39. The number of rotatable bonds is 4. The monoisotopic (exact) mass is 530 g/mol. The molecule has 0 saturated carbocycles. The quantitative estimate of drug-likeness (QED) is 0.512. The van der Waals surface area contributed by atoms with Crippen LogP contribution in [0.15, 0.2) is 41.2 Å². The Hall–Kier alpha value is -4.09. The minimum atomic E-state index is -4.61. The minimum absolute atomic E-state index is 0.00116. The van der Waals surface area contributed by atoms with Gasteiger partial charge in [-0.3, -0.25) is 28.5 Å². The number of imide groups is 1. The second-order valence-electron chi connectivity index (χ2n) is 9.90. The van der Waals surface area contributed by atoms with Gasteiger partial charge < -0.3 is 5.11 Å². The molecule has 2 aromatic carbocycles. The minimum Gasteiger partial charge on any atom is -0.481 e. The maximum absolute atomic E-state index is 13.8. The maximum atomic E-state index is 13.8. The van der Waals surface area contributed by atoms with E-state index in [2.05, 4.69) is 0 Å². The Kier molecular flexibility index (Phi) is 5.88. The third kappa shape index (κ3) is 3.77. The Balaban J connectivity index is 1.61. The number of amides is 3. The molecule has 2 atom stereocenters. The van der Waals surface area contributed by atoms with Crippen molar-refractivity contribution < 1.29 is 32.7 Å². The van der Waals surface area contributed by atoms with Gasteiger partial charge in [0.1, 0.15) is 0 Å². The van der Waals surface area contributed by atoms with Gasteiger partial charge >= 0.3 is 23.9 Å². The van der Waals surface area contributed by atoms with E-state index < -0.39 is 48.2 Å². The van der Waals surface area contributed by atoms with Crippen LogP contribution >= 0.6 is 0 Å². The number of alkyl halides is 3. The number of urea groups is 1. The summed E-state index contributed by atoms with van der Waals surface area (Å²) in [7, 11) is 1.61. The highest BCUT2D eigenvalue weighted by Crippen LogP contribution is 2.44. The summed E-state index contributed by atoms with van der Waals surface area (Å²) in [5.74, 6) is -4.02. The van der Waals surface area contributed by atoms with Crippen molar-refractivity contribution in [3.05, 3.63) is 63.6 Å². The number of hydrogen-bond acceptors (Lipinski definition) is 4. The number of carbonyl (C=O) groups is 3. The average Bonchev–Trinajstić information content (AvgIpc) is 3.37. The summed E-state index contributed by atoms with van der Waals surface area (Å²) in [5.41, 5.74) is 0.482. The molecule has 9 nitrogen and oxygen atoms in total. The molecular formula is C26H25F3N4O5. The SMILES string of the molecule is CC(C)n1c(=O)n(C)c2ccc(N3CC(C(=O)O)C(=O)N([C@@H]4CCc5c4cccc5C(F)(F)F)C3=O)cc21. The van der Waals surface area contributed by atoms with Crippen molar-refractivity contribution in [1.29, 1.82) is 0 Å². The third-order valence-electron chi connectivity index (χ3n) is 7.39. The Morgan fingerprint density at radius 2 is 1.79 bits per heavy atom. The van der Waals surface area contributed by atoms with Crippen LogP contribution in [0.4, 0.5) is 23.7 Å². The maximum Gasteiger partial charge on any atom is 0.416 e. The molecule has 200 valence electrons. The summed E-state index contributed by atoms with van der Waals surface area (Å²) >= 11 is 0. The molecular weight excluding hydrogens is 505 g/mol. The first-order valence-electron chi connectivity index (χ1n) is 12.1. The van der Waals surface area contributed by atoms with E-state index >= 15 is 0 Å². The number of halogens is 3. The van der Waals surface area contributed by atoms with Gasteiger partial charge in [0.05, 0.1) is 22.6 Å². The molecule has 1 aliphatic carbocycles. The highest BCUT2D eigenvalue weighted by Gasteiger charge is 2.49. The summed E-state index contributed by atoms with van der Waals surface area (Å²) < 4.78 is 43.8. The molecule has 1 N–H and O–H groups in total. The molecule has 0 radical (unpaired) electrons. The van der Waals surface area contributed by atoms with E-state index in [4.69, 9.17) is 0 Å². The predicted molar refractivity (Wildman–Crippen MR) is 131 cm³/mol. The van der Waals surface area contributed by atoms with Gasteiger partial charge in [0.15, 0.2) is 5.92 Å². The molecule has 1 fully saturated rings. The zero-order valence-corrected chi connectivity index (χ0v) is 20.8. The molecule has 1 aliphatic heterocycles. The molecule has 12 heteroatoms. The first-order chi connectivity index (χ1) is 17.8. The van der Waals surface area contributed by atoms with Crippen molar-refractivity contribution in [1.82, 2.24) is 14.0 Å². The van der Waals surface area contributed by atoms with Gasteiger partial charge in [-0.2, -0.15) is 13.2 Å². The van der Waals surface area contributed by atoms with Gasteiger partial charge in [0, 0.05) is 25.3 Å². The van der Waals surface area contributed by atoms with Gasteiger partial charge in [0.2, 0.25) is 5.91 Å². The van der Waals surface area contributed by atoms with Crippen LogP contribution < -0.4 is 10.6 Å². The second-order valence-corrected chi connectivity index (χ2v) is 9.90. The molecule has 1 unspecified atom stereocenters. The van der Waals surface area contributed by atoms with Crippen LogP contribution in [0.25, 0.3) is 11.0 Å². The van der Waals surface area contributed by atoms with Crippen LogP contribution in [0, 0.1) is 5.92 Å². The summed E-state index contributed by atoms with van der Waals surface area (Å²) in [6, 6.07) is 6.33. The fraction of sp³-hybridized carbons (Fsp3) is 0.385. The summed E-state index contributed by atoms with van der Waals surface area (Å²) in [4.78, 5) is 53.8. The van der Waals surface area contributed by atoms with Crippen LogP contribution in [-0.4, -0.2) is 43.6 Å². The lowest BCUT2D eigenvalue weighted by atomic mass is 9.98. The summed E-state index contributed by atoms with van der Waals surface area (Å²) in [5, 5.41) is 9.81. The first-order valence-corrected chi connectivity index (χ1v) is 12.1. The lowest BCUT2D eigenvalue weighted by Crippen LogP contribution is -2.59. The molecule has 38 heavy (non-hydrogen) atoms. The second kappa shape index (κ2) is 8.74. The number of carboxylic acid groups (broad SMARTS) is 1. The molecule has 2 heterocycles. The van der Waals surface area contributed by atoms with Crippen molar-refractivity contribution >= 4 is 34.6 Å². The van der Waals surface area contributed by atoms with Gasteiger partial charge in [-0.25, -0.2) is 9.59 Å². The molecule has 1 aromatic heterocycles. The molecule has 0 bridgehead atoms. The van der Waals surface area contributed by atoms with E-state index in [9.17, 15) is 37.5 Å². The molecule has 2 aliphatic rings. The van der Waals surface area contributed by atoms with Crippen LogP contribution in [0.1, 0.15) is 49.0 Å². The van der Waals surface area contributed by atoms with Crippen molar-refractivity contribution in [2.75, 3.05) is 11.4 Å². The van der Waals surface area contributed by atoms with E-state index in [-0.39, 0.29) is 41.4 Å². The average molecular weight is 531 g/mol. The number of aryl methyl sites for hydroxylation is 1. The number of carbonyl (C=O) groups excluding carboxylic acids is 2. The standard InChI is InChI=1S/C26H25F3N4O5/c1-13(2)32-21-11-14(7-9-20(21)30(3)24(32)37)31-12-17(23(35)36)22(34)33(25(31)38)19-10-8-15-16(19)5-4-6-18(15)26(27,28)29/h4-7,9,11,13,17,19H,8,10,12H2,1-3H3,(H,35,36)/t17?,19-/m1/s1. The van der Waals surface area contributed by atoms with Crippen molar-refractivity contribution in [2.45, 2.75) is 44.9 Å². The highest BCUT2D eigenvalue weighted by molar-refractivity contribution is 6.13. The predicted octanol–water partition coefficient (Wildman–Crippen LogP) is 4.10. The van der Waals surface area contributed by atoms with Gasteiger partial charge in [-0.1, -0.05) is 12.1 Å². The summed E-state index contributed by atoms with van der Waals surface area (Å²) in [6.07, 6.45) is -4.57. The van der Waals surface area contributed by atoms with E-state index in [1.807, 2.05) is 13.8 Å². The Labute approximate surface area is 214 Å². The number of hydrogen-bond donors (Lipinski definition) is 1. The smallest absolute Gasteiger partial charge is 0.416 e. The number of benzene rings is 2.